The highest BCUT2D eigenvalue weighted by Gasteiger charge is 2.36. The van der Waals surface area contributed by atoms with E-state index in [1.807, 2.05) is 35.2 Å². The molecule has 2 unspecified atom stereocenters. The van der Waals surface area contributed by atoms with Crippen molar-refractivity contribution in [3.8, 4) is 0 Å². The summed E-state index contributed by atoms with van der Waals surface area (Å²) in [5, 5.41) is 13.5. The van der Waals surface area contributed by atoms with Crippen molar-refractivity contribution in [1.29, 1.82) is 0 Å². The first-order valence-corrected chi connectivity index (χ1v) is 7.50. The summed E-state index contributed by atoms with van der Waals surface area (Å²) in [5.74, 6) is 0.427. The Bertz CT molecular complexity index is 465. The van der Waals surface area contributed by atoms with Gasteiger partial charge in [0.25, 0.3) is 0 Å². The molecule has 2 aliphatic heterocycles. The Labute approximate surface area is 131 Å². The fraction of sp³-hybridized carbons (Fsp3) is 0.562. The molecule has 2 heterocycles. The lowest BCUT2D eigenvalue weighted by molar-refractivity contribution is -0.138. The number of likely N-dealkylation sites (tertiary alicyclic amines) is 1. The van der Waals surface area contributed by atoms with Gasteiger partial charge in [-0.05, 0) is 24.8 Å². The van der Waals surface area contributed by atoms with Gasteiger partial charge in [-0.3, -0.25) is 4.79 Å². The smallest absolute Gasteiger partial charge is 0.228 e. The van der Waals surface area contributed by atoms with Crippen LogP contribution in [-0.4, -0.2) is 41.6 Å². The van der Waals surface area contributed by atoms with Crippen LogP contribution in [0.4, 0.5) is 0 Å². The molecule has 1 aromatic carbocycles. The summed E-state index contributed by atoms with van der Waals surface area (Å²) in [5.41, 5.74) is 0.942. The Hall–Kier alpha value is -1.10. The van der Waals surface area contributed by atoms with Crippen LogP contribution in [0.5, 0.6) is 0 Å². The third-order valence-corrected chi connectivity index (χ3v) is 4.47. The van der Waals surface area contributed by atoms with E-state index in [2.05, 4.69) is 5.32 Å². The summed E-state index contributed by atoms with van der Waals surface area (Å²) in [6, 6.07) is 9.92. The number of rotatable bonds is 4. The van der Waals surface area contributed by atoms with E-state index in [9.17, 15) is 9.90 Å². The normalized spacial score (nSPS) is 23.3. The van der Waals surface area contributed by atoms with Gasteiger partial charge in [0.1, 0.15) is 0 Å². The topological polar surface area (TPSA) is 52.6 Å². The van der Waals surface area contributed by atoms with Gasteiger partial charge in [0.15, 0.2) is 0 Å². The zero-order valence-electron chi connectivity index (χ0n) is 12.1. The molecule has 2 aliphatic rings. The van der Waals surface area contributed by atoms with Gasteiger partial charge in [0, 0.05) is 25.7 Å². The molecule has 4 nitrogen and oxygen atoms in total. The molecule has 2 fully saturated rings. The standard InChI is InChI=1S/C16H22N2O2.ClH/c19-15(12-5-2-1-3-6-12)9-14-7-4-8-18(14)16(20)13-10-17-11-13;/h1-3,5-6,13-15,17,19H,4,7-11H2;1H. The molecule has 3 rings (SSSR count). The number of carbonyl (C=O) groups is 1. The molecule has 0 radical (unpaired) electrons. The van der Waals surface area contributed by atoms with Crippen LogP contribution in [0.15, 0.2) is 30.3 Å². The summed E-state index contributed by atoms with van der Waals surface area (Å²) in [7, 11) is 0. The lowest BCUT2D eigenvalue weighted by atomic mass is 9.98. The number of nitrogens with one attached hydrogen (secondary N) is 1. The number of carbonyl (C=O) groups excluding carboxylic acids is 1. The third-order valence-electron chi connectivity index (χ3n) is 4.47. The molecule has 0 bridgehead atoms. The molecule has 0 aliphatic carbocycles. The van der Waals surface area contributed by atoms with Crippen LogP contribution < -0.4 is 5.32 Å². The average Bonchev–Trinajstić information content (AvgIpc) is 2.86. The van der Waals surface area contributed by atoms with Gasteiger partial charge in [-0.25, -0.2) is 0 Å². The van der Waals surface area contributed by atoms with Crippen LogP contribution in [-0.2, 0) is 4.79 Å². The Morgan fingerprint density at radius 3 is 2.67 bits per heavy atom. The van der Waals surface area contributed by atoms with E-state index >= 15 is 0 Å². The summed E-state index contributed by atoms with van der Waals surface area (Å²) >= 11 is 0. The lowest BCUT2D eigenvalue weighted by Crippen LogP contribution is -2.53. The molecule has 0 spiro atoms. The second-order valence-corrected chi connectivity index (χ2v) is 5.85. The molecule has 0 saturated carbocycles. The van der Waals surface area contributed by atoms with Gasteiger partial charge >= 0.3 is 0 Å². The number of nitrogens with zero attached hydrogens (tertiary/aromatic N) is 1. The van der Waals surface area contributed by atoms with E-state index < -0.39 is 6.10 Å². The van der Waals surface area contributed by atoms with Crippen LogP contribution in [0.1, 0.15) is 30.9 Å². The predicted octanol–water partition coefficient (Wildman–Crippen LogP) is 1.74. The van der Waals surface area contributed by atoms with Gasteiger partial charge in [-0.1, -0.05) is 30.3 Å². The highest BCUT2D eigenvalue weighted by molar-refractivity contribution is 5.85. The Morgan fingerprint density at radius 1 is 1.33 bits per heavy atom. The number of aliphatic hydroxyl groups is 1. The van der Waals surface area contributed by atoms with Crippen molar-refractivity contribution < 1.29 is 9.90 Å². The summed E-state index contributed by atoms with van der Waals surface area (Å²) in [6.07, 6.45) is 2.23. The molecule has 2 N–H and O–H groups in total. The Balaban J connectivity index is 0.00000161. The van der Waals surface area contributed by atoms with Crippen LogP contribution >= 0.6 is 12.4 Å². The number of hydrogen-bond donors (Lipinski definition) is 2. The summed E-state index contributed by atoms with van der Waals surface area (Å²) < 4.78 is 0. The minimum absolute atomic E-state index is 0. The fourth-order valence-corrected chi connectivity index (χ4v) is 3.14. The van der Waals surface area contributed by atoms with Gasteiger partial charge in [0.05, 0.1) is 12.0 Å². The maximum absolute atomic E-state index is 12.4. The molecular weight excluding hydrogens is 288 g/mol. The zero-order valence-corrected chi connectivity index (χ0v) is 12.9. The van der Waals surface area contributed by atoms with Gasteiger partial charge < -0.3 is 15.3 Å². The minimum Gasteiger partial charge on any atom is -0.388 e. The van der Waals surface area contributed by atoms with Crippen molar-refractivity contribution in [1.82, 2.24) is 10.2 Å². The molecule has 1 amide bonds. The van der Waals surface area contributed by atoms with Crippen molar-refractivity contribution in [3.63, 3.8) is 0 Å². The minimum atomic E-state index is -0.478. The van der Waals surface area contributed by atoms with Crippen LogP contribution in [0.3, 0.4) is 0 Å². The Kier molecular flexibility index (Phi) is 5.62. The Morgan fingerprint density at radius 2 is 2.05 bits per heavy atom. The summed E-state index contributed by atoms with van der Waals surface area (Å²) in [4.78, 5) is 14.4. The molecule has 0 aromatic heterocycles. The van der Waals surface area contributed by atoms with Crippen molar-refractivity contribution in [3.05, 3.63) is 35.9 Å². The average molecular weight is 311 g/mol. The van der Waals surface area contributed by atoms with Crippen molar-refractivity contribution in [2.45, 2.75) is 31.4 Å². The molecule has 2 atom stereocenters. The molecule has 21 heavy (non-hydrogen) atoms. The summed E-state index contributed by atoms with van der Waals surface area (Å²) in [6.45, 7) is 2.47. The van der Waals surface area contributed by atoms with E-state index in [0.717, 1.165) is 38.0 Å². The molecule has 5 heteroatoms. The maximum atomic E-state index is 12.4. The van der Waals surface area contributed by atoms with Crippen LogP contribution in [0.2, 0.25) is 0 Å². The first-order valence-electron chi connectivity index (χ1n) is 7.50. The van der Waals surface area contributed by atoms with Gasteiger partial charge in [-0.15, -0.1) is 12.4 Å². The van der Waals surface area contributed by atoms with Crippen LogP contribution in [0, 0.1) is 5.92 Å². The monoisotopic (exact) mass is 310 g/mol. The molecular formula is C16H23ClN2O2. The van der Waals surface area contributed by atoms with Gasteiger partial charge in [-0.2, -0.15) is 0 Å². The van der Waals surface area contributed by atoms with E-state index in [1.165, 1.54) is 0 Å². The van der Waals surface area contributed by atoms with E-state index in [-0.39, 0.29) is 30.3 Å². The maximum Gasteiger partial charge on any atom is 0.228 e. The SMILES string of the molecule is Cl.O=C(C1CNC1)N1CCCC1CC(O)c1ccccc1. The van der Waals surface area contributed by atoms with Crippen molar-refractivity contribution in [2.24, 2.45) is 5.92 Å². The van der Waals surface area contributed by atoms with E-state index in [1.54, 1.807) is 0 Å². The van der Waals surface area contributed by atoms with Crippen LogP contribution in [0.25, 0.3) is 0 Å². The third kappa shape index (κ3) is 3.57. The predicted molar refractivity (Wildman–Crippen MR) is 84.4 cm³/mol. The molecule has 116 valence electrons. The quantitative estimate of drug-likeness (QED) is 0.891. The second kappa shape index (κ2) is 7.25. The highest BCUT2D eigenvalue weighted by atomic mass is 35.5. The van der Waals surface area contributed by atoms with E-state index in [0.29, 0.717) is 6.42 Å². The molecule has 1 aromatic rings. The van der Waals surface area contributed by atoms with Gasteiger partial charge in [0.2, 0.25) is 5.91 Å². The number of amides is 1. The number of halogens is 1. The van der Waals surface area contributed by atoms with Crippen molar-refractivity contribution in [2.75, 3.05) is 19.6 Å². The first kappa shape index (κ1) is 16.3. The molecule has 2 saturated heterocycles. The van der Waals surface area contributed by atoms with E-state index in [4.69, 9.17) is 0 Å². The fourth-order valence-electron chi connectivity index (χ4n) is 3.14. The second-order valence-electron chi connectivity index (χ2n) is 5.85. The lowest BCUT2D eigenvalue weighted by Gasteiger charge is -2.34. The highest BCUT2D eigenvalue weighted by Crippen LogP contribution is 2.28. The number of aliphatic hydroxyl groups excluding tert-OH is 1. The largest absolute Gasteiger partial charge is 0.388 e. The number of benzene rings is 1. The number of hydrogen-bond acceptors (Lipinski definition) is 3. The van der Waals surface area contributed by atoms with Crippen molar-refractivity contribution >= 4 is 18.3 Å². The first-order chi connectivity index (χ1) is 9.75. The zero-order chi connectivity index (χ0) is 13.9.